The Kier molecular flexibility index (Phi) is 5.80. The molecule has 0 spiro atoms. The second-order valence-electron chi connectivity index (χ2n) is 5.89. The zero-order chi connectivity index (χ0) is 14.4. The molecule has 0 aromatic carbocycles. The summed E-state index contributed by atoms with van der Waals surface area (Å²) >= 11 is 0. The molecule has 0 N–H and O–H groups in total. The van der Waals surface area contributed by atoms with Crippen molar-refractivity contribution in [3.8, 4) is 5.75 Å². The third-order valence-corrected chi connectivity index (χ3v) is 3.70. The monoisotopic (exact) mass is 278 g/mol. The Labute approximate surface area is 122 Å². The van der Waals surface area contributed by atoms with Gasteiger partial charge < -0.3 is 9.47 Å². The van der Waals surface area contributed by atoms with Crippen molar-refractivity contribution >= 4 is 0 Å². The Morgan fingerprint density at radius 3 is 2.90 bits per heavy atom. The van der Waals surface area contributed by atoms with Gasteiger partial charge in [0, 0.05) is 26.2 Å². The predicted octanol–water partition coefficient (Wildman–Crippen LogP) is 2.73. The molecular formula is C16H26N2O2. The number of pyridine rings is 1. The summed E-state index contributed by atoms with van der Waals surface area (Å²) in [5, 5.41) is 0. The molecule has 0 aliphatic carbocycles. The highest BCUT2D eigenvalue weighted by molar-refractivity contribution is 5.19. The van der Waals surface area contributed by atoms with Gasteiger partial charge >= 0.3 is 0 Å². The first-order valence-corrected chi connectivity index (χ1v) is 7.50. The Bertz CT molecular complexity index is 392. The summed E-state index contributed by atoms with van der Waals surface area (Å²) in [7, 11) is 1.66. The average molecular weight is 278 g/mol. The van der Waals surface area contributed by atoms with Crippen LogP contribution in [0.3, 0.4) is 0 Å². The van der Waals surface area contributed by atoms with Gasteiger partial charge in [-0.15, -0.1) is 0 Å². The van der Waals surface area contributed by atoms with Gasteiger partial charge in [0.25, 0.3) is 0 Å². The van der Waals surface area contributed by atoms with E-state index in [1.807, 2.05) is 12.1 Å². The first-order chi connectivity index (χ1) is 9.67. The van der Waals surface area contributed by atoms with Crippen molar-refractivity contribution in [3.05, 3.63) is 24.0 Å². The first-order valence-electron chi connectivity index (χ1n) is 7.50. The molecule has 1 unspecified atom stereocenters. The van der Waals surface area contributed by atoms with Crippen LogP contribution in [-0.2, 0) is 11.3 Å². The minimum atomic E-state index is 0.395. The molecule has 0 saturated carbocycles. The van der Waals surface area contributed by atoms with Crippen molar-refractivity contribution in [1.82, 2.24) is 9.88 Å². The van der Waals surface area contributed by atoms with Gasteiger partial charge in [-0.05, 0) is 30.9 Å². The highest BCUT2D eigenvalue weighted by Crippen LogP contribution is 2.17. The molecule has 1 aliphatic heterocycles. The second kappa shape index (κ2) is 7.60. The molecular weight excluding hydrogens is 252 g/mol. The first kappa shape index (κ1) is 15.3. The Morgan fingerprint density at radius 1 is 1.40 bits per heavy atom. The molecule has 20 heavy (non-hydrogen) atoms. The average Bonchev–Trinajstić information content (AvgIpc) is 2.87. The zero-order valence-corrected chi connectivity index (χ0v) is 12.8. The lowest BCUT2D eigenvalue weighted by atomic mass is 10.1. The molecule has 112 valence electrons. The molecule has 4 nitrogen and oxygen atoms in total. The third kappa shape index (κ3) is 4.76. The highest BCUT2D eigenvalue weighted by Gasteiger charge is 2.23. The normalized spacial score (nSPS) is 19.7. The van der Waals surface area contributed by atoms with Crippen molar-refractivity contribution in [3.63, 3.8) is 0 Å². The van der Waals surface area contributed by atoms with Gasteiger partial charge in [0.2, 0.25) is 0 Å². The number of hydrogen-bond donors (Lipinski definition) is 0. The van der Waals surface area contributed by atoms with Crippen LogP contribution in [0.4, 0.5) is 0 Å². The van der Waals surface area contributed by atoms with E-state index in [0.717, 1.165) is 56.4 Å². The van der Waals surface area contributed by atoms with Crippen LogP contribution in [0, 0.1) is 5.92 Å². The molecule has 1 aliphatic rings. The van der Waals surface area contributed by atoms with Crippen molar-refractivity contribution in [1.29, 1.82) is 0 Å². The van der Waals surface area contributed by atoms with Crippen LogP contribution >= 0.6 is 0 Å². The largest absolute Gasteiger partial charge is 0.495 e. The number of rotatable bonds is 7. The summed E-state index contributed by atoms with van der Waals surface area (Å²) in [5.41, 5.74) is 1.09. The lowest BCUT2D eigenvalue weighted by molar-refractivity contribution is 0.0517. The maximum Gasteiger partial charge on any atom is 0.137 e. The number of nitrogens with zero attached hydrogens (tertiary/aromatic N) is 2. The van der Waals surface area contributed by atoms with Crippen molar-refractivity contribution < 1.29 is 9.47 Å². The van der Waals surface area contributed by atoms with Crippen LogP contribution in [0.5, 0.6) is 5.75 Å². The summed E-state index contributed by atoms with van der Waals surface area (Å²) in [4.78, 5) is 6.83. The fourth-order valence-corrected chi connectivity index (χ4v) is 2.40. The minimum absolute atomic E-state index is 0.395. The van der Waals surface area contributed by atoms with Gasteiger partial charge in [-0.1, -0.05) is 13.8 Å². The SMILES string of the molecule is COc1ccc(CN2CCC(OCCC(C)C)C2)nc1. The van der Waals surface area contributed by atoms with Crippen LogP contribution in [0.15, 0.2) is 18.3 Å². The highest BCUT2D eigenvalue weighted by atomic mass is 16.5. The molecule has 1 fully saturated rings. The smallest absolute Gasteiger partial charge is 0.137 e. The number of aromatic nitrogens is 1. The van der Waals surface area contributed by atoms with Crippen molar-refractivity contribution in [2.45, 2.75) is 39.3 Å². The zero-order valence-electron chi connectivity index (χ0n) is 12.8. The predicted molar refractivity (Wildman–Crippen MR) is 79.9 cm³/mol. The molecule has 1 aromatic heterocycles. The summed E-state index contributed by atoms with van der Waals surface area (Å²) in [5.74, 6) is 1.53. The van der Waals surface area contributed by atoms with Crippen molar-refractivity contribution in [2.24, 2.45) is 5.92 Å². The summed E-state index contributed by atoms with van der Waals surface area (Å²) in [6.07, 6.45) is 4.46. The Balaban J connectivity index is 1.72. The molecule has 1 atom stereocenters. The van der Waals surface area contributed by atoms with Gasteiger partial charge in [-0.2, -0.15) is 0 Å². The molecule has 2 heterocycles. The van der Waals surface area contributed by atoms with Crippen LogP contribution in [-0.4, -0.2) is 42.8 Å². The molecule has 0 bridgehead atoms. The number of likely N-dealkylation sites (tertiary alicyclic amines) is 1. The lowest BCUT2D eigenvalue weighted by Crippen LogP contribution is -2.23. The van der Waals surface area contributed by atoms with Crippen LogP contribution in [0.2, 0.25) is 0 Å². The van der Waals surface area contributed by atoms with Gasteiger partial charge in [-0.25, -0.2) is 0 Å². The molecule has 0 radical (unpaired) electrons. The fraction of sp³-hybridized carbons (Fsp3) is 0.688. The molecule has 0 amide bonds. The molecule has 1 saturated heterocycles. The molecule has 2 rings (SSSR count). The topological polar surface area (TPSA) is 34.6 Å². The Hall–Kier alpha value is -1.13. The minimum Gasteiger partial charge on any atom is -0.495 e. The Morgan fingerprint density at radius 2 is 2.25 bits per heavy atom. The fourth-order valence-electron chi connectivity index (χ4n) is 2.40. The molecule has 1 aromatic rings. The van der Waals surface area contributed by atoms with Crippen LogP contribution < -0.4 is 4.74 Å². The molecule has 4 heteroatoms. The van der Waals surface area contributed by atoms with Crippen LogP contribution in [0.1, 0.15) is 32.4 Å². The summed E-state index contributed by atoms with van der Waals surface area (Å²) < 4.78 is 11.1. The second-order valence-corrected chi connectivity index (χ2v) is 5.89. The van der Waals surface area contributed by atoms with E-state index >= 15 is 0 Å². The van der Waals surface area contributed by atoms with Gasteiger partial charge in [0.1, 0.15) is 5.75 Å². The van der Waals surface area contributed by atoms with E-state index < -0.39 is 0 Å². The summed E-state index contributed by atoms with van der Waals surface area (Å²) in [6.45, 7) is 8.37. The van der Waals surface area contributed by atoms with E-state index in [0.29, 0.717) is 6.10 Å². The van der Waals surface area contributed by atoms with E-state index in [2.05, 4.69) is 23.7 Å². The summed E-state index contributed by atoms with van der Waals surface area (Å²) in [6, 6.07) is 4.00. The lowest BCUT2D eigenvalue weighted by Gasteiger charge is -2.16. The van der Waals surface area contributed by atoms with Gasteiger partial charge in [0.05, 0.1) is 25.1 Å². The van der Waals surface area contributed by atoms with Gasteiger partial charge in [-0.3, -0.25) is 9.88 Å². The van der Waals surface area contributed by atoms with Crippen molar-refractivity contribution in [2.75, 3.05) is 26.8 Å². The maximum atomic E-state index is 5.94. The quantitative estimate of drug-likeness (QED) is 0.768. The van der Waals surface area contributed by atoms with E-state index in [1.165, 1.54) is 0 Å². The van der Waals surface area contributed by atoms with E-state index in [9.17, 15) is 0 Å². The van der Waals surface area contributed by atoms with Crippen LogP contribution in [0.25, 0.3) is 0 Å². The number of hydrogen-bond acceptors (Lipinski definition) is 4. The van der Waals surface area contributed by atoms with E-state index in [-0.39, 0.29) is 0 Å². The number of ether oxygens (including phenoxy) is 2. The van der Waals surface area contributed by atoms with E-state index in [4.69, 9.17) is 9.47 Å². The third-order valence-electron chi connectivity index (χ3n) is 3.70. The van der Waals surface area contributed by atoms with Gasteiger partial charge in [0.15, 0.2) is 0 Å². The standard InChI is InChI=1S/C16H26N2O2/c1-13(2)7-9-20-16-6-8-18(12-16)11-14-4-5-15(19-3)10-17-14/h4-5,10,13,16H,6-9,11-12H2,1-3H3. The van der Waals surface area contributed by atoms with E-state index in [1.54, 1.807) is 13.3 Å². The number of methoxy groups -OCH3 is 1. The maximum absolute atomic E-state index is 5.94.